The van der Waals surface area contributed by atoms with Crippen molar-refractivity contribution >= 4 is 23.4 Å². The number of likely N-dealkylation sites (tertiary alicyclic amines) is 1. The van der Waals surface area contributed by atoms with Crippen molar-refractivity contribution in [3.8, 4) is 0 Å². The van der Waals surface area contributed by atoms with Crippen molar-refractivity contribution in [2.24, 2.45) is 11.3 Å². The quantitative estimate of drug-likeness (QED) is 0.556. The lowest BCUT2D eigenvalue weighted by Crippen LogP contribution is -2.43. The minimum Gasteiger partial charge on any atom is -0.385 e. The van der Waals surface area contributed by atoms with Crippen LogP contribution in [-0.4, -0.2) is 51.4 Å². The molecule has 1 aromatic heterocycles. The third-order valence-electron chi connectivity index (χ3n) is 8.28. The van der Waals surface area contributed by atoms with Crippen LogP contribution < -0.4 is 0 Å². The Kier molecular flexibility index (Phi) is 6.79. The number of nitrogens with zero attached hydrogens (tertiary/aromatic N) is 3. The molecule has 9 heteroatoms. The number of fused-ring (bicyclic) bond motifs is 1. The van der Waals surface area contributed by atoms with Crippen molar-refractivity contribution in [3.05, 3.63) is 63.7 Å². The average molecular weight is 530 g/mol. The van der Waals surface area contributed by atoms with Crippen LogP contribution in [0.25, 0.3) is 0 Å². The zero-order chi connectivity index (χ0) is 26.5. The molecule has 198 valence electrons. The number of rotatable bonds is 7. The minimum absolute atomic E-state index is 0.00799. The molecule has 2 amide bonds. The number of halogens is 2. The SMILES string of the molecule is CC(=O)N1CCC(C(C)(O)c2cc(F)c3c(c2)C(=O)N(Cc2ccc(Cl)cn2)[C@@H]3OCC2(C)CC2)CC1. The van der Waals surface area contributed by atoms with Crippen LogP contribution in [0.1, 0.15) is 79.9 Å². The van der Waals surface area contributed by atoms with E-state index in [-0.39, 0.29) is 40.8 Å². The number of hydrogen-bond acceptors (Lipinski definition) is 5. The second-order valence-electron chi connectivity index (χ2n) is 11.2. The van der Waals surface area contributed by atoms with E-state index in [4.69, 9.17) is 16.3 Å². The first kappa shape index (κ1) is 26.1. The van der Waals surface area contributed by atoms with E-state index < -0.39 is 17.6 Å². The topological polar surface area (TPSA) is 83.0 Å². The summed E-state index contributed by atoms with van der Waals surface area (Å²) < 4.78 is 22.0. The Bertz CT molecular complexity index is 1210. The molecular weight excluding hydrogens is 497 g/mol. The van der Waals surface area contributed by atoms with Crippen molar-refractivity contribution in [1.29, 1.82) is 0 Å². The molecule has 1 aliphatic carbocycles. The van der Waals surface area contributed by atoms with Gasteiger partial charge in [-0.25, -0.2) is 4.39 Å². The average Bonchev–Trinajstić information content (AvgIpc) is 3.55. The molecule has 2 atom stereocenters. The van der Waals surface area contributed by atoms with Gasteiger partial charge in [-0.05, 0) is 73.8 Å². The highest BCUT2D eigenvalue weighted by Crippen LogP contribution is 2.48. The number of pyridine rings is 1. The monoisotopic (exact) mass is 529 g/mol. The summed E-state index contributed by atoms with van der Waals surface area (Å²) in [5, 5.41) is 12.0. The van der Waals surface area contributed by atoms with Crippen molar-refractivity contribution in [2.75, 3.05) is 19.7 Å². The van der Waals surface area contributed by atoms with Gasteiger partial charge in [-0.2, -0.15) is 0 Å². The third kappa shape index (κ3) is 5.11. The molecule has 3 heterocycles. The molecular formula is C28H33ClFN3O4. The summed E-state index contributed by atoms with van der Waals surface area (Å²) in [5.74, 6) is -1.10. The zero-order valence-electron chi connectivity index (χ0n) is 21.5. The van der Waals surface area contributed by atoms with Crippen LogP contribution in [0.15, 0.2) is 30.5 Å². The first-order valence-electron chi connectivity index (χ1n) is 12.8. The van der Waals surface area contributed by atoms with E-state index in [1.165, 1.54) is 24.1 Å². The van der Waals surface area contributed by atoms with Gasteiger partial charge in [-0.1, -0.05) is 18.5 Å². The van der Waals surface area contributed by atoms with Crippen LogP contribution in [0.5, 0.6) is 0 Å². The van der Waals surface area contributed by atoms with Crippen LogP contribution >= 0.6 is 11.6 Å². The highest BCUT2D eigenvalue weighted by molar-refractivity contribution is 6.30. The first-order chi connectivity index (χ1) is 17.5. The summed E-state index contributed by atoms with van der Waals surface area (Å²) in [6, 6.07) is 6.38. The van der Waals surface area contributed by atoms with Gasteiger partial charge in [0.15, 0.2) is 6.23 Å². The Balaban J connectivity index is 1.45. The van der Waals surface area contributed by atoms with Gasteiger partial charge < -0.3 is 19.6 Å². The molecule has 1 saturated carbocycles. The van der Waals surface area contributed by atoms with Crippen molar-refractivity contribution in [2.45, 2.75) is 64.8 Å². The third-order valence-corrected chi connectivity index (χ3v) is 8.51. The van der Waals surface area contributed by atoms with E-state index in [9.17, 15) is 14.7 Å². The number of carbonyl (C=O) groups excluding carboxylic acids is 2. The molecule has 0 bridgehead atoms. The molecule has 7 nitrogen and oxygen atoms in total. The fourth-order valence-electron chi connectivity index (χ4n) is 5.39. The molecule has 37 heavy (non-hydrogen) atoms. The molecule has 1 saturated heterocycles. The molecule has 2 aromatic rings. The van der Waals surface area contributed by atoms with Gasteiger partial charge in [-0.15, -0.1) is 0 Å². The highest BCUT2D eigenvalue weighted by Gasteiger charge is 2.45. The lowest BCUT2D eigenvalue weighted by molar-refractivity contribution is -0.132. The smallest absolute Gasteiger partial charge is 0.257 e. The molecule has 1 unspecified atom stereocenters. The Morgan fingerprint density at radius 3 is 2.59 bits per heavy atom. The first-order valence-corrected chi connectivity index (χ1v) is 13.2. The number of aromatic nitrogens is 1. The van der Waals surface area contributed by atoms with Gasteiger partial charge in [0.25, 0.3) is 5.91 Å². The molecule has 0 radical (unpaired) electrons. The fourth-order valence-corrected chi connectivity index (χ4v) is 5.50. The Labute approximate surface area is 221 Å². The summed E-state index contributed by atoms with van der Waals surface area (Å²) in [7, 11) is 0. The number of amides is 2. The van der Waals surface area contributed by atoms with Crippen molar-refractivity contribution in [1.82, 2.24) is 14.8 Å². The highest BCUT2D eigenvalue weighted by atomic mass is 35.5. The lowest BCUT2D eigenvalue weighted by Gasteiger charge is -2.39. The predicted octanol–water partition coefficient (Wildman–Crippen LogP) is 4.81. The molecule has 1 aromatic carbocycles. The minimum atomic E-state index is -1.36. The molecule has 1 N–H and O–H groups in total. The van der Waals surface area contributed by atoms with Crippen LogP contribution in [0.3, 0.4) is 0 Å². The van der Waals surface area contributed by atoms with E-state index in [2.05, 4.69) is 11.9 Å². The maximum atomic E-state index is 15.8. The molecule has 3 aliphatic rings. The second-order valence-corrected chi connectivity index (χ2v) is 11.7. The largest absolute Gasteiger partial charge is 0.385 e. The number of hydrogen-bond donors (Lipinski definition) is 1. The standard InChI is InChI=1S/C28H33ClFN3O4/c1-17(34)32-10-6-18(7-11-32)28(3,36)19-12-22-24(23(30)13-19)26(37-16-27(2)8-9-27)33(25(22)35)15-21-5-4-20(29)14-31-21/h4-5,12-14,18,26,36H,6-11,15-16H2,1-3H3/t26-,28?/m1/s1. The summed E-state index contributed by atoms with van der Waals surface area (Å²) in [6.45, 7) is 6.96. The Morgan fingerprint density at radius 1 is 1.30 bits per heavy atom. The Morgan fingerprint density at radius 2 is 2.00 bits per heavy atom. The number of ether oxygens (including phenoxy) is 1. The van der Waals surface area contributed by atoms with E-state index in [1.54, 1.807) is 30.0 Å². The fraction of sp³-hybridized carbons (Fsp3) is 0.536. The maximum Gasteiger partial charge on any atom is 0.257 e. The van der Waals surface area contributed by atoms with E-state index >= 15 is 4.39 Å². The maximum absolute atomic E-state index is 15.8. The van der Waals surface area contributed by atoms with E-state index in [0.717, 1.165) is 12.8 Å². The van der Waals surface area contributed by atoms with Crippen LogP contribution in [0, 0.1) is 17.2 Å². The molecule has 2 aliphatic heterocycles. The van der Waals surface area contributed by atoms with Crippen molar-refractivity contribution in [3.63, 3.8) is 0 Å². The van der Waals surface area contributed by atoms with Gasteiger partial charge in [0.05, 0.1) is 35.0 Å². The van der Waals surface area contributed by atoms with Gasteiger partial charge in [-0.3, -0.25) is 14.6 Å². The van der Waals surface area contributed by atoms with Crippen LogP contribution in [-0.2, 0) is 21.7 Å². The number of aliphatic hydroxyl groups is 1. The number of carbonyl (C=O) groups is 2. The molecule has 0 spiro atoms. The summed E-state index contributed by atoms with van der Waals surface area (Å²) in [4.78, 5) is 32.9. The van der Waals surface area contributed by atoms with E-state index in [1.807, 2.05) is 0 Å². The van der Waals surface area contributed by atoms with Crippen LogP contribution in [0.4, 0.5) is 4.39 Å². The number of piperidine rings is 1. The Hall–Kier alpha value is -2.55. The second kappa shape index (κ2) is 9.64. The molecule has 2 fully saturated rings. The summed E-state index contributed by atoms with van der Waals surface area (Å²) >= 11 is 5.97. The zero-order valence-corrected chi connectivity index (χ0v) is 22.2. The molecule has 5 rings (SSSR count). The van der Waals surface area contributed by atoms with Gasteiger partial charge in [0.2, 0.25) is 5.91 Å². The summed E-state index contributed by atoms with van der Waals surface area (Å²) in [5.41, 5.74) is 0.0669. The summed E-state index contributed by atoms with van der Waals surface area (Å²) in [6.07, 6.45) is 3.89. The van der Waals surface area contributed by atoms with E-state index in [0.29, 0.717) is 48.8 Å². The van der Waals surface area contributed by atoms with Gasteiger partial charge >= 0.3 is 0 Å². The lowest BCUT2D eigenvalue weighted by atomic mass is 9.76. The van der Waals surface area contributed by atoms with Gasteiger partial charge in [0, 0.05) is 31.8 Å². The van der Waals surface area contributed by atoms with Crippen molar-refractivity contribution < 1.29 is 23.8 Å². The number of benzene rings is 1. The van der Waals surface area contributed by atoms with Crippen LogP contribution in [0.2, 0.25) is 5.02 Å². The predicted molar refractivity (Wildman–Crippen MR) is 136 cm³/mol. The van der Waals surface area contributed by atoms with Gasteiger partial charge in [0.1, 0.15) is 5.82 Å². The normalized spacial score (nSPS) is 22.6.